The van der Waals surface area contributed by atoms with Crippen molar-refractivity contribution < 1.29 is 14.3 Å². The lowest BCUT2D eigenvalue weighted by atomic mass is 10.2. The number of aldehydes is 1. The first-order valence-electron chi connectivity index (χ1n) is 3.85. The van der Waals surface area contributed by atoms with Crippen molar-refractivity contribution in [2.45, 2.75) is 39.2 Å². The Hall–Kier alpha value is -0.860. The van der Waals surface area contributed by atoms with E-state index in [1.165, 1.54) is 0 Å². The summed E-state index contributed by atoms with van der Waals surface area (Å²) in [5.41, 5.74) is 0. The van der Waals surface area contributed by atoms with Crippen molar-refractivity contribution in [3.8, 4) is 0 Å². The maximum atomic E-state index is 10.8. The molecule has 0 saturated heterocycles. The van der Waals surface area contributed by atoms with E-state index >= 15 is 0 Å². The predicted molar refractivity (Wildman–Crippen MR) is 41.1 cm³/mol. The zero-order valence-corrected chi connectivity index (χ0v) is 7.00. The van der Waals surface area contributed by atoms with Crippen molar-refractivity contribution in [3.05, 3.63) is 0 Å². The quantitative estimate of drug-likeness (QED) is 0.447. The molecule has 3 heteroatoms. The molecule has 1 unspecified atom stereocenters. The third kappa shape index (κ3) is 5.58. The van der Waals surface area contributed by atoms with Gasteiger partial charge in [-0.15, -0.1) is 0 Å². The van der Waals surface area contributed by atoms with Gasteiger partial charge in [0, 0.05) is 6.42 Å². The normalized spacial score (nSPS) is 12.2. The van der Waals surface area contributed by atoms with Gasteiger partial charge < -0.3 is 4.74 Å². The molecule has 1 atom stereocenters. The van der Waals surface area contributed by atoms with Gasteiger partial charge in [-0.1, -0.05) is 13.3 Å². The van der Waals surface area contributed by atoms with Crippen LogP contribution in [-0.4, -0.2) is 18.4 Å². The molecule has 0 fully saturated rings. The molecule has 0 rings (SSSR count). The average molecular weight is 158 g/mol. The molecular formula is C8H14O3. The summed E-state index contributed by atoms with van der Waals surface area (Å²) in [7, 11) is 0. The van der Waals surface area contributed by atoms with Gasteiger partial charge in [0.1, 0.15) is 0 Å². The topological polar surface area (TPSA) is 43.4 Å². The van der Waals surface area contributed by atoms with Crippen LogP contribution in [0.3, 0.4) is 0 Å². The van der Waals surface area contributed by atoms with E-state index in [2.05, 4.69) is 0 Å². The number of esters is 1. The highest BCUT2D eigenvalue weighted by molar-refractivity contribution is 5.72. The van der Waals surface area contributed by atoms with Gasteiger partial charge in [0.25, 0.3) is 0 Å². The highest BCUT2D eigenvalue weighted by Crippen LogP contribution is 1.98. The molecule has 0 N–H and O–H groups in total. The Morgan fingerprint density at radius 3 is 2.73 bits per heavy atom. The van der Waals surface area contributed by atoms with Gasteiger partial charge >= 0.3 is 5.97 Å². The molecule has 0 spiro atoms. The first-order valence-corrected chi connectivity index (χ1v) is 3.85. The SMILES string of the molecule is CCCCC(=O)OC(C)C=O. The van der Waals surface area contributed by atoms with E-state index in [1.807, 2.05) is 6.92 Å². The summed E-state index contributed by atoms with van der Waals surface area (Å²) in [4.78, 5) is 20.8. The fourth-order valence-corrected chi connectivity index (χ4v) is 0.615. The van der Waals surface area contributed by atoms with Gasteiger partial charge in [-0.25, -0.2) is 0 Å². The first-order chi connectivity index (χ1) is 5.20. The summed E-state index contributed by atoms with van der Waals surface area (Å²) in [5, 5.41) is 0. The molecule has 0 aromatic heterocycles. The van der Waals surface area contributed by atoms with E-state index in [-0.39, 0.29) is 5.97 Å². The summed E-state index contributed by atoms with van der Waals surface area (Å²) in [5.74, 6) is -0.286. The number of carbonyl (C=O) groups excluding carboxylic acids is 2. The van der Waals surface area contributed by atoms with Gasteiger partial charge in [-0.2, -0.15) is 0 Å². The van der Waals surface area contributed by atoms with Gasteiger partial charge in [0.2, 0.25) is 0 Å². The Kier molecular flexibility index (Phi) is 5.43. The van der Waals surface area contributed by atoms with Crippen molar-refractivity contribution in [3.63, 3.8) is 0 Å². The third-order valence-electron chi connectivity index (χ3n) is 1.24. The van der Waals surface area contributed by atoms with Gasteiger partial charge in [0.05, 0.1) is 0 Å². The van der Waals surface area contributed by atoms with Crippen LogP contribution in [0.2, 0.25) is 0 Å². The summed E-state index contributed by atoms with van der Waals surface area (Å²) < 4.78 is 4.69. The second-order valence-corrected chi connectivity index (χ2v) is 2.43. The third-order valence-corrected chi connectivity index (χ3v) is 1.24. The minimum Gasteiger partial charge on any atom is -0.455 e. The molecular weight excluding hydrogens is 144 g/mol. The smallest absolute Gasteiger partial charge is 0.306 e. The fraction of sp³-hybridized carbons (Fsp3) is 0.750. The first kappa shape index (κ1) is 10.1. The predicted octanol–water partition coefficient (Wildman–Crippen LogP) is 1.31. The van der Waals surface area contributed by atoms with Crippen LogP contribution in [-0.2, 0) is 14.3 Å². The molecule has 3 nitrogen and oxygen atoms in total. The lowest BCUT2D eigenvalue weighted by Gasteiger charge is -2.05. The maximum Gasteiger partial charge on any atom is 0.306 e. The Morgan fingerprint density at radius 1 is 1.64 bits per heavy atom. The summed E-state index contributed by atoms with van der Waals surface area (Å²) >= 11 is 0. The van der Waals surface area contributed by atoms with Gasteiger partial charge in [0.15, 0.2) is 12.4 Å². The van der Waals surface area contributed by atoms with Crippen LogP contribution in [0, 0.1) is 0 Å². The maximum absolute atomic E-state index is 10.8. The number of unbranched alkanes of at least 4 members (excludes halogenated alkanes) is 1. The molecule has 0 aromatic carbocycles. The Bertz CT molecular complexity index is 131. The molecule has 0 radical (unpaired) electrons. The van der Waals surface area contributed by atoms with E-state index < -0.39 is 6.10 Å². The number of ether oxygens (including phenoxy) is 1. The number of carbonyl (C=O) groups is 2. The highest BCUT2D eigenvalue weighted by Gasteiger charge is 2.06. The van der Waals surface area contributed by atoms with Gasteiger partial charge in [-0.3, -0.25) is 9.59 Å². The standard InChI is InChI=1S/C8H14O3/c1-3-4-5-8(10)11-7(2)6-9/h6-7H,3-5H2,1-2H3. The van der Waals surface area contributed by atoms with Crippen molar-refractivity contribution in [2.75, 3.05) is 0 Å². The molecule has 0 aliphatic carbocycles. The Labute approximate surface area is 66.7 Å². The van der Waals surface area contributed by atoms with Crippen molar-refractivity contribution in [1.29, 1.82) is 0 Å². The molecule has 0 saturated carbocycles. The summed E-state index contributed by atoms with van der Waals surface area (Å²) in [6, 6.07) is 0. The van der Waals surface area contributed by atoms with Crippen LogP contribution >= 0.6 is 0 Å². The molecule has 0 heterocycles. The zero-order chi connectivity index (χ0) is 8.69. The highest BCUT2D eigenvalue weighted by atomic mass is 16.5. The fourth-order valence-electron chi connectivity index (χ4n) is 0.615. The second-order valence-electron chi connectivity index (χ2n) is 2.43. The lowest BCUT2D eigenvalue weighted by molar-refractivity contribution is -0.150. The van der Waals surface area contributed by atoms with Crippen LogP contribution in [0.15, 0.2) is 0 Å². The lowest BCUT2D eigenvalue weighted by Crippen LogP contribution is -2.15. The number of hydrogen-bond donors (Lipinski definition) is 0. The van der Waals surface area contributed by atoms with E-state index in [9.17, 15) is 9.59 Å². The molecule has 0 aliphatic rings. The van der Waals surface area contributed by atoms with Gasteiger partial charge in [-0.05, 0) is 13.3 Å². The second kappa shape index (κ2) is 5.89. The Balaban J connectivity index is 3.43. The summed E-state index contributed by atoms with van der Waals surface area (Å²) in [6.45, 7) is 3.55. The van der Waals surface area contributed by atoms with Crippen LogP contribution in [0.5, 0.6) is 0 Å². The Morgan fingerprint density at radius 2 is 2.27 bits per heavy atom. The van der Waals surface area contributed by atoms with Crippen LogP contribution in [0.1, 0.15) is 33.1 Å². The van der Waals surface area contributed by atoms with Crippen LogP contribution < -0.4 is 0 Å². The summed E-state index contributed by atoms with van der Waals surface area (Å²) in [6.07, 6.45) is 2.22. The van der Waals surface area contributed by atoms with Crippen molar-refractivity contribution >= 4 is 12.3 Å². The van der Waals surface area contributed by atoms with E-state index in [0.717, 1.165) is 12.8 Å². The minimum atomic E-state index is -0.598. The van der Waals surface area contributed by atoms with Crippen molar-refractivity contribution in [1.82, 2.24) is 0 Å². The van der Waals surface area contributed by atoms with Crippen LogP contribution in [0.25, 0.3) is 0 Å². The monoisotopic (exact) mass is 158 g/mol. The molecule has 11 heavy (non-hydrogen) atoms. The average Bonchev–Trinajstić information content (AvgIpc) is 2.00. The zero-order valence-electron chi connectivity index (χ0n) is 7.00. The minimum absolute atomic E-state index is 0.286. The number of rotatable bonds is 5. The van der Waals surface area contributed by atoms with E-state index in [0.29, 0.717) is 12.7 Å². The van der Waals surface area contributed by atoms with Crippen LogP contribution in [0.4, 0.5) is 0 Å². The molecule has 0 bridgehead atoms. The largest absolute Gasteiger partial charge is 0.455 e. The van der Waals surface area contributed by atoms with E-state index in [4.69, 9.17) is 4.74 Å². The number of hydrogen-bond acceptors (Lipinski definition) is 3. The molecule has 0 amide bonds. The molecule has 0 aliphatic heterocycles. The molecule has 64 valence electrons. The van der Waals surface area contributed by atoms with Crippen molar-refractivity contribution in [2.24, 2.45) is 0 Å². The molecule has 0 aromatic rings. The van der Waals surface area contributed by atoms with E-state index in [1.54, 1.807) is 6.92 Å².